The van der Waals surface area contributed by atoms with Gasteiger partial charge in [-0.3, -0.25) is 10.1 Å². The minimum atomic E-state index is -0.141. The van der Waals surface area contributed by atoms with Crippen molar-refractivity contribution in [3.05, 3.63) is 0 Å². The van der Waals surface area contributed by atoms with E-state index in [1.807, 2.05) is 0 Å². The van der Waals surface area contributed by atoms with Gasteiger partial charge >= 0.3 is 0 Å². The zero-order valence-corrected chi connectivity index (χ0v) is 11.9. The molecule has 2 aliphatic carbocycles. The Labute approximate surface area is 110 Å². The number of rotatable bonds is 4. The van der Waals surface area contributed by atoms with Crippen molar-refractivity contribution in [3.63, 3.8) is 0 Å². The quantitative estimate of drug-likeness (QED) is 0.831. The molecule has 2 unspecified atom stereocenters. The second-order valence-electron chi connectivity index (χ2n) is 7.02. The van der Waals surface area contributed by atoms with Crippen molar-refractivity contribution in [3.8, 4) is 0 Å². The lowest BCUT2D eigenvalue weighted by atomic mass is 9.79. The van der Waals surface area contributed by atoms with E-state index in [0.29, 0.717) is 17.9 Å². The molecule has 0 aromatic rings. The highest BCUT2D eigenvalue weighted by atomic mass is 16.2. The van der Waals surface area contributed by atoms with Gasteiger partial charge in [0.05, 0.1) is 11.7 Å². The number of hydrogen-bond acceptors (Lipinski definition) is 2. The number of hydrogen-bond donors (Lipinski definition) is 1. The molecule has 1 heterocycles. The lowest BCUT2D eigenvalue weighted by Crippen LogP contribution is -2.48. The van der Waals surface area contributed by atoms with Gasteiger partial charge in [0.15, 0.2) is 0 Å². The molecule has 1 amide bonds. The summed E-state index contributed by atoms with van der Waals surface area (Å²) in [5.74, 6) is 1.78. The van der Waals surface area contributed by atoms with Crippen molar-refractivity contribution in [1.82, 2.24) is 10.2 Å². The summed E-state index contributed by atoms with van der Waals surface area (Å²) in [6.07, 6.45) is 7.45. The maximum atomic E-state index is 12.6. The fourth-order valence-electron chi connectivity index (χ4n) is 3.56. The Kier molecular flexibility index (Phi) is 2.92. The van der Waals surface area contributed by atoms with Gasteiger partial charge in [0.2, 0.25) is 5.91 Å². The fraction of sp³-hybridized carbons (Fsp3) is 0.933. The van der Waals surface area contributed by atoms with E-state index in [9.17, 15) is 4.79 Å². The summed E-state index contributed by atoms with van der Waals surface area (Å²) in [5, 5.41) is 3.63. The molecule has 2 saturated carbocycles. The first-order chi connectivity index (χ1) is 8.53. The van der Waals surface area contributed by atoms with Crippen molar-refractivity contribution in [2.75, 3.05) is 0 Å². The van der Waals surface area contributed by atoms with Crippen LogP contribution in [0.1, 0.15) is 59.3 Å². The van der Waals surface area contributed by atoms with Gasteiger partial charge < -0.3 is 4.90 Å². The van der Waals surface area contributed by atoms with Gasteiger partial charge in [0.1, 0.15) is 0 Å². The summed E-state index contributed by atoms with van der Waals surface area (Å²) < 4.78 is 0. The van der Waals surface area contributed by atoms with E-state index in [1.165, 1.54) is 19.3 Å². The second-order valence-corrected chi connectivity index (χ2v) is 7.02. The lowest BCUT2D eigenvalue weighted by molar-refractivity contribution is -0.134. The van der Waals surface area contributed by atoms with Gasteiger partial charge in [-0.1, -0.05) is 20.3 Å². The third kappa shape index (κ3) is 1.87. The molecule has 0 aromatic heterocycles. The van der Waals surface area contributed by atoms with E-state index in [0.717, 1.165) is 25.2 Å². The Morgan fingerprint density at radius 2 is 2.00 bits per heavy atom. The first-order valence-corrected chi connectivity index (χ1v) is 7.64. The van der Waals surface area contributed by atoms with E-state index < -0.39 is 0 Å². The predicted octanol–water partition coefficient (Wildman–Crippen LogP) is 2.51. The molecule has 1 spiro atoms. The second kappa shape index (κ2) is 4.22. The van der Waals surface area contributed by atoms with Crippen LogP contribution in [0, 0.1) is 11.8 Å². The van der Waals surface area contributed by atoms with Crippen molar-refractivity contribution >= 4 is 5.91 Å². The highest BCUT2D eigenvalue weighted by Gasteiger charge is 2.60. The van der Waals surface area contributed by atoms with Crippen LogP contribution in [0.4, 0.5) is 0 Å². The molecule has 2 atom stereocenters. The molecule has 1 aliphatic heterocycles. The standard InChI is InChI=1S/C15H26N2O/c1-10(2)9-13-16-15(7-8-15)14(18)17(13)11(3)12-5-4-6-12/h10-13,16H,4-9H2,1-3H3. The van der Waals surface area contributed by atoms with Crippen molar-refractivity contribution in [2.45, 2.75) is 77.0 Å². The van der Waals surface area contributed by atoms with Crippen LogP contribution >= 0.6 is 0 Å². The Hall–Kier alpha value is -0.570. The van der Waals surface area contributed by atoms with E-state index in [4.69, 9.17) is 0 Å². The Balaban J connectivity index is 1.76. The van der Waals surface area contributed by atoms with E-state index in [1.54, 1.807) is 0 Å². The monoisotopic (exact) mass is 250 g/mol. The first-order valence-electron chi connectivity index (χ1n) is 7.64. The first kappa shape index (κ1) is 12.5. The van der Waals surface area contributed by atoms with Crippen LogP contribution in [0.15, 0.2) is 0 Å². The Morgan fingerprint density at radius 3 is 2.44 bits per heavy atom. The Bertz CT molecular complexity index is 344. The topological polar surface area (TPSA) is 32.3 Å². The van der Waals surface area contributed by atoms with E-state index >= 15 is 0 Å². The van der Waals surface area contributed by atoms with Gasteiger partial charge in [-0.05, 0) is 50.9 Å². The molecule has 1 N–H and O–H groups in total. The van der Waals surface area contributed by atoms with Gasteiger partial charge in [0.25, 0.3) is 0 Å². The number of nitrogens with zero attached hydrogens (tertiary/aromatic N) is 1. The van der Waals surface area contributed by atoms with Crippen LogP contribution in [0.25, 0.3) is 0 Å². The van der Waals surface area contributed by atoms with E-state index in [-0.39, 0.29) is 11.7 Å². The molecule has 0 bridgehead atoms. The number of amides is 1. The molecule has 1 saturated heterocycles. The van der Waals surface area contributed by atoms with Crippen LogP contribution in [-0.4, -0.2) is 28.6 Å². The molecule has 18 heavy (non-hydrogen) atoms. The van der Waals surface area contributed by atoms with Crippen LogP contribution in [-0.2, 0) is 4.79 Å². The normalized spacial score (nSPS) is 32.1. The summed E-state index contributed by atoms with van der Waals surface area (Å²) in [6, 6.07) is 0.433. The summed E-state index contributed by atoms with van der Waals surface area (Å²) in [6.45, 7) is 6.75. The summed E-state index contributed by atoms with van der Waals surface area (Å²) >= 11 is 0. The van der Waals surface area contributed by atoms with Gasteiger partial charge in [-0.15, -0.1) is 0 Å². The zero-order chi connectivity index (χ0) is 12.9. The molecule has 3 aliphatic rings. The van der Waals surface area contributed by atoms with Gasteiger partial charge in [0, 0.05) is 6.04 Å². The lowest BCUT2D eigenvalue weighted by Gasteiger charge is -2.40. The molecule has 0 radical (unpaired) electrons. The molecule has 3 heteroatoms. The zero-order valence-electron chi connectivity index (χ0n) is 11.9. The molecular formula is C15H26N2O. The number of nitrogens with one attached hydrogen (secondary N) is 1. The summed E-state index contributed by atoms with van der Waals surface area (Å²) in [4.78, 5) is 14.8. The van der Waals surface area contributed by atoms with Crippen LogP contribution < -0.4 is 5.32 Å². The van der Waals surface area contributed by atoms with Crippen molar-refractivity contribution in [1.29, 1.82) is 0 Å². The van der Waals surface area contributed by atoms with Gasteiger partial charge in [-0.2, -0.15) is 0 Å². The minimum absolute atomic E-state index is 0.141. The maximum Gasteiger partial charge on any atom is 0.244 e. The molecular weight excluding hydrogens is 224 g/mol. The largest absolute Gasteiger partial charge is 0.323 e. The third-order valence-electron chi connectivity index (χ3n) is 5.14. The van der Waals surface area contributed by atoms with E-state index in [2.05, 4.69) is 31.0 Å². The molecule has 3 rings (SSSR count). The average molecular weight is 250 g/mol. The summed E-state index contributed by atoms with van der Waals surface area (Å²) in [7, 11) is 0. The predicted molar refractivity (Wildman–Crippen MR) is 72.0 cm³/mol. The van der Waals surface area contributed by atoms with Crippen LogP contribution in [0.2, 0.25) is 0 Å². The fourth-order valence-corrected chi connectivity index (χ4v) is 3.56. The van der Waals surface area contributed by atoms with Crippen LogP contribution in [0.3, 0.4) is 0 Å². The highest BCUT2D eigenvalue weighted by Crippen LogP contribution is 2.45. The summed E-state index contributed by atoms with van der Waals surface area (Å²) in [5.41, 5.74) is -0.141. The van der Waals surface area contributed by atoms with Crippen molar-refractivity contribution in [2.24, 2.45) is 11.8 Å². The van der Waals surface area contributed by atoms with Crippen LogP contribution in [0.5, 0.6) is 0 Å². The average Bonchev–Trinajstić information content (AvgIpc) is 2.89. The molecule has 3 nitrogen and oxygen atoms in total. The minimum Gasteiger partial charge on any atom is -0.323 e. The maximum absolute atomic E-state index is 12.6. The van der Waals surface area contributed by atoms with Gasteiger partial charge in [-0.25, -0.2) is 0 Å². The Morgan fingerprint density at radius 1 is 1.33 bits per heavy atom. The highest BCUT2D eigenvalue weighted by molar-refractivity contribution is 5.92. The number of carbonyl (C=O) groups excluding carboxylic acids is 1. The molecule has 102 valence electrons. The SMILES string of the molecule is CC(C)CC1NC2(CC2)C(=O)N1C(C)C1CCC1. The number of carbonyl (C=O) groups is 1. The molecule has 3 fully saturated rings. The molecule has 0 aromatic carbocycles. The smallest absolute Gasteiger partial charge is 0.244 e. The third-order valence-corrected chi connectivity index (χ3v) is 5.14. The van der Waals surface area contributed by atoms with Crippen molar-refractivity contribution < 1.29 is 4.79 Å².